The van der Waals surface area contributed by atoms with E-state index in [1.807, 2.05) is 31.1 Å². The van der Waals surface area contributed by atoms with Crippen LogP contribution in [-0.4, -0.2) is 27.8 Å². The number of hydrogen-bond donors (Lipinski definition) is 1. The van der Waals surface area contributed by atoms with Crippen LogP contribution in [0.2, 0.25) is 0 Å². The second kappa shape index (κ2) is 7.10. The third kappa shape index (κ3) is 3.95. The van der Waals surface area contributed by atoms with Gasteiger partial charge in [0.2, 0.25) is 0 Å². The van der Waals surface area contributed by atoms with Gasteiger partial charge >= 0.3 is 0 Å². The molecule has 2 unspecified atom stereocenters. The van der Waals surface area contributed by atoms with Gasteiger partial charge in [0.1, 0.15) is 0 Å². The molecule has 1 saturated carbocycles. The molecule has 0 bridgehead atoms. The zero-order valence-corrected chi connectivity index (χ0v) is 12.2. The van der Waals surface area contributed by atoms with Crippen molar-refractivity contribution in [2.45, 2.75) is 62.4 Å². The highest BCUT2D eigenvalue weighted by molar-refractivity contribution is 7.99. The zero-order valence-electron chi connectivity index (χ0n) is 11.4. The number of nitrogens with zero attached hydrogens (tertiary/aromatic N) is 2. The van der Waals surface area contributed by atoms with Gasteiger partial charge in [-0.15, -0.1) is 0 Å². The van der Waals surface area contributed by atoms with Crippen LogP contribution in [0.25, 0.3) is 0 Å². The lowest BCUT2D eigenvalue weighted by Gasteiger charge is -2.31. The standard InChI is InChI=1S/C14H23N3S/c1-3-8-15-12-6-4-5-7-13(12)18-14-16-9-11(2)10-17-14/h9-10,12-13,15H,3-8H2,1-2H3. The average Bonchev–Trinajstić information content (AvgIpc) is 2.40. The summed E-state index contributed by atoms with van der Waals surface area (Å²) >= 11 is 1.85. The topological polar surface area (TPSA) is 37.8 Å². The summed E-state index contributed by atoms with van der Waals surface area (Å²) in [6.07, 6.45) is 10.3. The summed E-state index contributed by atoms with van der Waals surface area (Å²) in [6, 6.07) is 0.633. The third-order valence-corrected chi connectivity index (χ3v) is 4.66. The summed E-state index contributed by atoms with van der Waals surface area (Å²) in [4.78, 5) is 8.82. The SMILES string of the molecule is CCCNC1CCCCC1Sc1ncc(C)cn1. The van der Waals surface area contributed by atoms with E-state index in [1.54, 1.807) is 0 Å². The smallest absolute Gasteiger partial charge is 0.187 e. The number of thioether (sulfide) groups is 1. The molecular formula is C14H23N3S. The highest BCUT2D eigenvalue weighted by atomic mass is 32.2. The molecule has 1 fully saturated rings. The van der Waals surface area contributed by atoms with E-state index in [1.165, 1.54) is 32.1 Å². The maximum absolute atomic E-state index is 4.41. The number of nitrogens with one attached hydrogen (secondary N) is 1. The molecule has 0 aromatic carbocycles. The van der Waals surface area contributed by atoms with Gasteiger partial charge in [0, 0.05) is 23.7 Å². The van der Waals surface area contributed by atoms with Crippen LogP contribution < -0.4 is 5.32 Å². The minimum Gasteiger partial charge on any atom is -0.313 e. The van der Waals surface area contributed by atoms with Crippen LogP contribution in [0.1, 0.15) is 44.6 Å². The lowest BCUT2D eigenvalue weighted by atomic mass is 9.95. The average molecular weight is 265 g/mol. The molecule has 1 aromatic rings. The van der Waals surface area contributed by atoms with Crippen molar-refractivity contribution >= 4 is 11.8 Å². The molecule has 18 heavy (non-hydrogen) atoms. The Hall–Kier alpha value is -0.610. The van der Waals surface area contributed by atoms with Crippen LogP contribution >= 0.6 is 11.8 Å². The molecule has 1 aliphatic rings. The highest BCUT2D eigenvalue weighted by Gasteiger charge is 2.26. The van der Waals surface area contributed by atoms with Gasteiger partial charge in [0.05, 0.1) is 0 Å². The Morgan fingerprint density at radius 1 is 1.28 bits per heavy atom. The maximum Gasteiger partial charge on any atom is 0.187 e. The van der Waals surface area contributed by atoms with Crippen LogP contribution in [0, 0.1) is 6.92 Å². The van der Waals surface area contributed by atoms with Gasteiger partial charge in [-0.1, -0.05) is 31.5 Å². The van der Waals surface area contributed by atoms with Crippen molar-refractivity contribution in [1.29, 1.82) is 0 Å². The van der Waals surface area contributed by atoms with Gasteiger partial charge < -0.3 is 5.32 Å². The fourth-order valence-corrected chi connectivity index (χ4v) is 3.56. The fraction of sp³-hybridized carbons (Fsp3) is 0.714. The molecule has 4 heteroatoms. The predicted octanol–water partition coefficient (Wildman–Crippen LogP) is 3.19. The minimum atomic E-state index is 0.632. The Kier molecular flexibility index (Phi) is 5.45. The monoisotopic (exact) mass is 265 g/mol. The maximum atomic E-state index is 4.41. The van der Waals surface area contributed by atoms with Crippen LogP contribution in [0.15, 0.2) is 17.6 Å². The van der Waals surface area contributed by atoms with Crippen molar-refractivity contribution in [3.63, 3.8) is 0 Å². The van der Waals surface area contributed by atoms with Gasteiger partial charge in [0.15, 0.2) is 5.16 Å². The number of rotatable bonds is 5. The molecule has 0 amide bonds. The molecule has 0 spiro atoms. The Morgan fingerprint density at radius 2 is 2.00 bits per heavy atom. The van der Waals surface area contributed by atoms with Crippen molar-refractivity contribution in [3.8, 4) is 0 Å². The van der Waals surface area contributed by atoms with E-state index in [2.05, 4.69) is 22.2 Å². The van der Waals surface area contributed by atoms with Crippen LogP contribution in [0.5, 0.6) is 0 Å². The van der Waals surface area contributed by atoms with Gasteiger partial charge in [-0.3, -0.25) is 0 Å². The number of hydrogen-bond acceptors (Lipinski definition) is 4. The second-order valence-electron chi connectivity index (χ2n) is 5.04. The van der Waals surface area contributed by atoms with Crippen LogP contribution in [0.4, 0.5) is 0 Å². The summed E-state index contributed by atoms with van der Waals surface area (Å²) in [5, 5.41) is 5.24. The van der Waals surface area contributed by atoms with Crippen LogP contribution in [-0.2, 0) is 0 Å². The molecule has 0 radical (unpaired) electrons. The molecule has 100 valence electrons. The molecule has 1 aliphatic carbocycles. The largest absolute Gasteiger partial charge is 0.313 e. The van der Waals surface area contributed by atoms with Crippen molar-refractivity contribution < 1.29 is 0 Å². The van der Waals surface area contributed by atoms with E-state index in [4.69, 9.17) is 0 Å². The quantitative estimate of drug-likeness (QED) is 0.830. The van der Waals surface area contributed by atoms with Crippen molar-refractivity contribution in [2.24, 2.45) is 0 Å². The Labute approximate surface area is 114 Å². The molecule has 2 rings (SSSR count). The molecule has 1 heterocycles. The van der Waals surface area contributed by atoms with Crippen molar-refractivity contribution in [3.05, 3.63) is 18.0 Å². The van der Waals surface area contributed by atoms with E-state index < -0.39 is 0 Å². The van der Waals surface area contributed by atoms with Crippen molar-refractivity contribution in [2.75, 3.05) is 6.54 Å². The van der Waals surface area contributed by atoms with E-state index in [0.717, 1.165) is 17.3 Å². The first kappa shape index (κ1) is 13.8. The van der Waals surface area contributed by atoms with Gasteiger partial charge in [0.25, 0.3) is 0 Å². The number of aryl methyl sites for hydroxylation is 1. The first-order valence-electron chi connectivity index (χ1n) is 6.98. The lowest BCUT2D eigenvalue weighted by Crippen LogP contribution is -2.40. The normalized spacial score (nSPS) is 24.1. The van der Waals surface area contributed by atoms with Crippen molar-refractivity contribution in [1.82, 2.24) is 15.3 Å². The Bertz CT molecular complexity index is 353. The molecule has 0 aliphatic heterocycles. The van der Waals surface area contributed by atoms with Gasteiger partial charge in [-0.2, -0.15) is 0 Å². The van der Waals surface area contributed by atoms with Crippen LogP contribution in [0.3, 0.4) is 0 Å². The third-order valence-electron chi connectivity index (χ3n) is 3.37. The summed E-state index contributed by atoms with van der Waals surface area (Å²) in [6.45, 7) is 5.37. The lowest BCUT2D eigenvalue weighted by molar-refractivity contribution is 0.384. The first-order chi connectivity index (χ1) is 8.79. The molecule has 2 atom stereocenters. The Balaban J connectivity index is 1.94. The van der Waals surface area contributed by atoms with E-state index in [9.17, 15) is 0 Å². The summed E-state index contributed by atoms with van der Waals surface area (Å²) in [7, 11) is 0. The summed E-state index contributed by atoms with van der Waals surface area (Å²) in [5.74, 6) is 0. The fourth-order valence-electron chi connectivity index (χ4n) is 2.38. The highest BCUT2D eigenvalue weighted by Crippen LogP contribution is 2.32. The first-order valence-corrected chi connectivity index (χ1v) is 7.86. The van der Waals surface area contributed by atoms with E-state index in [-0.39, 0.29) is 0 Å². The zero-order chi connectivity index (χ0) is 12.8. The molecule has 1 N–H and O–H groups in total. The number of aromatic nitrogens is 2. The summed E-state index contributed by atoms with van der Waals surface area (Å²) in [5.41, 5.74) is 1.13. The molecule has 1 aromatic heterocycles. The second-order valence-corrected chi connectivity index (χ2v) is 6.25. The van der Waals surface area contributed by atoms with Gasteiger partial charge in [-0.05, 0) is 38.3 Å². The summed E-state index contributed by atoms with van der Waals surface area (Å²) < 4.78 is 0. The molecule has 0 saturated heterocycles. The Morgan fingerprint density at radius 3 is 2.72 bits per heavy atom. The molecular weight excluding hydrogens is 242 g/mol. The predicted molar refractivity (Wildman–Crippen MR) is 77.0 cm³/mol. The molecule has 3 nitrogen and oxygen atoms in total. The minimum absolute atomic E-state index is 0.632. The van der Waals surface area contributed by atoms with E-state index >= 15 is 0 Å². The van der Waals surface area contributed by atoms with Gasteiger partial charge in [-0.25, -0.2) is 9.97 Å². The van der Waals surface area contributed by atoms with E-state index in [0.29, 0.717) is 11.3 Å².